The number of fused-ring (bicyclic) bond motifs is 1. The summed E-state index contributed by atoms with van der Waals surface area (Å²) in [5, 5.41) is 0. The van der Waals surface area contributed by atoms with Crippen LogP contribution in [0, 0.1) is 0 Å². The number of aromatic nitrogens is 3. The molecule has 0 bridgehead atoms. The molecule has 0 aliphatic heterocycles. The van der Waals surface area contributed by atoms with E-state index in [9.17, 15) is 0 Å². The number of anilines is 1. The molecule has 4 heteroatoms. The van der Waals surface area contributed by atoms with E-state index in [4.69, 9.17) is 5.73 Å². The molecule has 0 atom stereocenters. The molecule has 0 amide bonds. The van der Waals surface area contributed by atoms with Crippen molar-refractivity contribution in [1.82, 2.24) is 14.5 Å². The van der Waals surface area contributed by atoms with E-state index in [0.29, 0.717) is 5.95 Å². The van der Waals surface area contributed by atoms with Gasteiger partial charge in [0.1, 0.15) is 5.52 Å². The summed E-state index contributed by atoms with van der Waals surface area (Å²) in [5.41, 5.74) is 9.94. The molecule has 96 valence electrons. The molecular formula is C15H16N4. The lowest BCUT2D eigenvalue weighted by atomic mass is 10.1. The first-order valence-corrected chi connectivity index (χ1v) is 6.48. The van der Waals surface area contributed by atoms with Crippen LogP contribution in [-0.2, 0) is 6.42 Å². The van der Waals surface area contributed by atoms with Crippen LogP contribution in [0.15, 0.2) is 42.6 Å². The van der Waals surface area contributed by atoms with Crippen molar-refractivity contribution in [3.05, 3.63) is 48.2 Å². The molecule has 2 heterocycles. The van der Waals surface area contributed by atoms with Gasteiger partial charge in [0.25, 0.3) is 0 Å². The number of pyridine rings is 1. The Hall–Kier alpha value is -2.36. The highest BCUT2D eigenvalue weighted by molar-refractivity contribution is 5.76. The number of rotatable bonds is 3. The van der Waals surface area contributed by atoms with Crippen LogP contribution in [0.4, 0.5) is 5.95 Å². The predicted molar refractivity (Wildman–Crippen MR) is 77.3 cm³/mol. The van der Waals surface area contributed by atoms with E-state index in [1.807, 2.05) is 16.7 Å². The van der Waals surface area contributed by atoms with Crippen molar-refractivity contribution in [2.45, 2.75) is 19.8 Å². The first kappa shape index (κ1) is 11.7. The summed E-state index contributed by atoms with van der Waals surface area (Å²) in [6.07, 6.45) is 4.00. The highest BCUT2D eigenvalue weighted by Crippen LogP contribution is 2.21. The van der Waals surface area contributed by atoms with Gasteiger partial charge in [-0.2, -0.15) is 0 Å². The minimum atomic E-state index is 0.469. The number of hydrogen-bond acceptors (Lipinski definition) is 3. The third kappa shape index (κ3) is 2.05. The highest BCUT2D eigenvalue weighted by Gasteiger charge is 2.10. The number of imidazole rings is 1. The van der Waals surface area contributed by atoms with Gasteiger partial charge in [-0.3, -0.25) is 4.57 Å². The van der Waals surface area contributed by atoms with Crippen molar-refractivity contribution < 1.29 is 0 Å². The van der Waals surface area contributed by atoms with Gasteiger partial charge in [-0.05, 0) is 36.2 Å². The van der Waals surface area contributed by atoms with Crippen molar-refractivity contribution in [2.75, 3.05) is 5.73 Å². The lowest BCUT2D eigenvalue weighted by molar-refractivity contribution is 0.920. The lowest BCUT2D eigenvalue weighted by Gasteiger charge is -2.06. The second-order valence-corrected chi connectivity index (χ2v) is 4.57. The fourth-order valence-corrected chi connectivity index (χ4v) is 2.28. The molecule has 0 aliphatic rings. The van der Waals surface area contributed by atoms with Gasteiger partial charge >= 0.3 is 0 Å². The van der Waals surface area contributed by atoms with E-state index >= 15 is 0 Å². The maximum atomic E-state index is 5.99. The van der Waals surface area contributed by atoms with E-state index in [-0.39, 0.29) is 0 Å². The Morgan fingerprint density at radius 2 is 1.95 bits per heavy atom. The van der Waals surface area contributed by atoms with Gasteiger partial charge in [0.05, 0.1) is 5.69 Å². The third-order valence-electron chi connectivity index (χ3n) is 3.18. The molecule has 0 saturated heterocycles. The van der Waals surface area contributed by atoms with Crippen LogP contribution in [0.25, 0.3) is 16.9 Å². The van der Waals surface area contributed by atoms with E-state index in [1.54, 1.807) is 6.20 Å². The second-order valence-electron chi connectivity index (χ2n) is 4.57. The summed E-state index contributed by atoms with van der Waals surface area (Å²) in [5.74, 6) is 0.469. The number of nitrogens with two attached hydrogens (primary N) is 1. The van der Waals surface area contributed by atoms with Crippen LogP contribution < -0.4 is 5.73 Å². The maximum absolute atomic E-state index is 5.99. The zero-order chi connectivity index (χ0) is 13.2. The average Bonchev–Trinajstić information content (AvgIpc) is 2.76. The minimum absolute atomic E-state index is 0.469. The van der Waals surface area contributed by atoms with Gasteiger partial charge in [0.2, 0.25) is 5.95 Å². The van der Waals surface area contributed by atoms with Crippen molar-refractivity contribution in [2.24, 2.45) is 0 Å². The van der Waals surface area contributed by atoms with Gasteiger partial charge in [-0.1, -0.05) is 25.5 Å². The SMILES string of the molecule is CCCc1ccc(-n2c(N)nc3cccnc32)cc1. The fraction of sp³-hybridized carbons (Fsp3) is 0.200. The summed E-state index contributed by atoms with van der Waals surface area (Å²) in [4.78, 5) is 8.68. The second kappa shape index (κ2) is 4.72. The van der Waals surface area contributed by atoms with Crippen molar-refractivity contribution in [3.8, 4) is 5.69 Å². The molecule has 0 aliphatic carbocycles. The summed E-state index contributed by atoms with van der Waals surface area (Å²) in [6.45, 7) is 2.18. The van der Waals surface area contributed by atoms with Crippen LogP contribution in [-0.4, -0.2) is 14.5 Å². The first-order valence-electron chi connectivity index (χ1n) is 6.48. The quantitative estimate of drug-likeness (QED) is 0.779. The lowest BCUT2D eigenvalue weighted by Crippen LogP contribution is -2.01. The Labute approximate surface area is 111 Å². The van der Waals surface area contributed by atoms with Crippen LogP contribution in [0.3, 0.4) is 0 Å². The van der Waals surface area contributed by atoms with Gasteiger partial charge in [0, 0.05) is 6.20 Å². The van der Waals surface area contributed by atoms with E-state index in [2.05, 4.69) is 41.2 Å². The molecule has 4 nitrogen and oxygen atoms in total. The number of nitrogen functional groups attached to an aromatic ring is 1. The van der Waals surface area contributed by atoms with E-state index in [1.165, 1.54) is 5.56 Å². The summed E-state index contributed by atoms with van der Waals surface area (Å²) >= 11 is 0. The molecule has 3 rings (SSSR count). The smallest absolute Gasteiger partial charge is 0.207 e. The molecule has 19 heavy (non-hydrogen) atoms. The van der Waals surface area contributed by atoms with Crippen LogP contribution in [0.1, 0.15) is 18.9 Å². The summed E-state index contributed by atoms with van der Waals surface area (Å²) < 4.78 is 1.88. The average molecular weight is 252 g/mol. The largest absolute Gasteiger partial charge is 0.369 e. The minimum Gasteiger partial charge on any atom is -0.369 e. The summed E-state index contributed by atoms with van der Waals surface area (Å²) in [7, 11) is 0. The molecule has 0 spiro atoms. The third-order valence-corrected chi connectivity index (χ3v) is 3.18. The zero-order valence-electron chi connectivity index (χ0n) is 10.9. The Balaban J connectivity index is 2.10. The van der Waals surface area contributed by atoms with Gasteiger partial charge < -0.3 is 5.73 Å². The molecule has 0 unspecified atom stereocenters. The van der Waals surface area contributed by atoms with E-state index < -0.39 is 0 Å². The topological polar surface area (TPSA) is 56.7 Å². The Morgan fingerprint density at radius 3 is 2.68 bits per heavy atom. The normalized spacial score (nSPS) is 11.0. The van der Waals surface area contributed by atoms with Gasteiger partial charge in [-0.25, -0.2) is 9.97 Å². The Bertz CT molecular complexity index is 698. The molecule has 3 aromatic rings. The number of hydrogen-bond donors (Lipinski definition) is 1. The predicted octanol–water partition coefficient (Wildman–Crippen LogP) is 2.96. The number of benzene rings is 1. The molecule has 0 saturated carbocycles. The molecular weight excluding hydrogens is 236 g/mol. The van der Waals surface area contributed by atoms with Crippen LogP contribution >= 0.6 is 0 Å². The zero-order valence-corrected chi connectivity index (χ0v) is 10.9. The summed E-state index contributed by atoms with van der Waals surface area (Å²) in [6, 6.07) is 12.2. The van der Waals surface area contributed by atoms with E-state index in [0.717, 1.165) is 29.7 Å². The molecule has 2 N–H and O–H groups in total. The highest BCUT2D eigenvalue weighted by atomic mass is 15.2. The first-order chi connectivity index (χ1) is 9.29. The van der Waals surface area contributed by atoms with Gasteiger partial charge in [-0.15, -0.1) is 0 Å². The van der Waals surface area contributed by atoms with Gasteiger partial charge in [0.15, 0.2) is 5.65 Å². The molecule has 1 aromatic carbocycles. The Morgan fingerprint density at radius 1 is 1.16 bits per heavy atom. The standard InChI is InChI=1S/C15H16N4/c1-2-4-11-6-8-12(9-7-11)19-14-13(18-15(19)16)5-3-10-17-14/h3,5-10H,2,4H2,1H3,(H2,16,18). The molecule has 2 aromatic heterocycles. The van der Waals surface area contributed by atoms with Crippen molar-refractivity contribution in [1.29, 1.82) is 0 Å². The molecule has 0 radical (unpaired) electrons. The van der Waals surface area contributed by atoms with Crippen molar-refractivity contribution >= 4 is 17.1 Å². The Kier molecular flexibility index (Phi) is 2.91. The van der Waals surface area contributed by atoms with Crippen molar-refractivity contribution in [3.63, 3.8) is 0 Å². The number of nitrogens with zero attached hydrogens (tertiary/aromatic N) is 3. The van der Waals surface area contributed by atoms with Crippen LogP contribution in [0.2, 0.25) is 0 Å². The van der Waals surface area contributed by atoms with Crippen LogP contribution in [0.5, 0.6) is 0 Å². The maximum Gasteiger partial charge on any atom is 0.207 e. The fourth-order valence-electron chi connectivity index (χ4n) is 2.28. The molecule has 0 fully saturated rings. The number of aryl methyl sites for hydroxylation is 1. The monoisotopic (exact) mass is 252 g/mol.